The molecule has 1 fully saturated rings. The Kier molecular flexibility index (Phi) is 3.78. The molecule has 1 heterocycles. The lowest BCUT2D eigenvalue weighted by Crippen LogP contribution is -2.34. The second-order valence-electron chi connectivity index (χ2n) is 4.83. The number of nitrogens with zero attached hydrogens (tertiary/aromatic N) is 2. The molecular weight excluding hydrogens is 210 g/mol. The first-order valence-corrected chi connectivity index (χ1v) is 6.20. The normalized spacial score (nSPS) is 22.3. The van der Waals surface area contributed by atoms with E-state index in [4.69, 9.17) is 11.0 Å². The Morgan fingerprint density at radius 3 is 2.71 bits per heavy atom. The molecule has 2 atom stereocenters. The van der Waals surface area contributed by atoms with Crippen LogP contribution in [0.2, 0.25) is 0 Å². The van der Waals surface area contributed by atoms with Crippen LogP contribution in [-0.2, 0) is 0 Å². The second-order valence-corrected chi connectivity index (χ2v) is 4.83. The van der Waals surface area contributed by atoms with E-state index in [1.54, 1.807) is 0 Å². The highest BCUT2D eigenvalue weighted by atomic mass is 15.2. The molecule has 3 heteroatoms. The Morgan fingerprint density at radius 1 is 1.47 bits per heavy atom. The maximum absolute atomic E-state index is 8.74. The lowest BCUT2D eigenvalue weighted by Gasteiger charge is -2.24. The molecular formula is C14H19N3. The first-order chi connectivity index (χ1) is 8.20. The molecule has 0 spiro atoms. The molecule has 90 valence electrons. The van der Waals surface area contributed by atoms with Crippen LogP contribution in [0.25, 0.3) is 0 Å². The van der Waals surface area contributed by atoms with Gasteiger partial charge in [0.2, 0.25) is 0 Å². The van der Waals surface area contributed by atoms with Gasteiger partial charge in [0.1, 0.15) is 0 Å². The van der Waals surface area contributed by atoms with E-state index in [-0.39, 0.29) is 6.04 Å². The third-order valence-corrected chi connectivity index (χ3v) is 3.59. The number of nitrogens with two attached hydrogens (primary N) is 1. The SMILES string of the molecule is CC1CCCN1C[C@@H](N)c1ccc(C#N)cc1. The van der Waals surface area contributed by atoms with E-state index in [0.29, 0.717) is 11.6 Å². The van der Waals surface area contributed by atoms with E-state index in [1.807, 2.05) is 24.3 Å². The highest BCUT2D eigenvalue weighted by Gasteiger charge is 2.22. The summed E-state index contributed by atoms with van der Waals surface area (Å²) in [4.78, 5) is 2.45. The first-order valence-electron chi connectivity index (χ1n) is 6.20. The van der Waals surface area contributed by atoms with Gasteiger partial charge in [0, 0.05) is 18.6 Å². The van der Waals surface area contributed by atoms with Crippen LogP contribution in [0.15, 0.2) is 24.3 Å². The largest absolute Gasteiger partial charge is 0.323 e. The minimum Gasteiger partial charge on any atom is -0.323 e. The summed E-state index contributed by atoms with van der Waals surface area (Å²) in [5.74, 6) is 0. The van der Waals surface area contributed by atoms with Gasteiger partial charge in [-0.1, -0.05) is 12.1 Å². The quantitative estimate of drug-likeness (QED) is 0.863. The minimum atomic E-state index is 0.0447. The van der Waals surface area contributed by atoms with Crippen LogP contribution < -0.4 is 5.73 Å². The summed E-state index contributed by atoms with van der Waals surface area (Å²) in [6.07, 6.45) is 2.56. The summed E-state index contributed by atoms with van der Waals surface area (Å²) in [7, 11) is 0. The Labute approximate surface area is 103 Å². The maximum atomic E-state index is 8.74. The van der Waals surface area contributed by atoms with E-state index in [9.17, 15) is 0 Å². The van der Waals surface area contributed by atoms with Gasteiger partial charge in [-0.2, -0.15) is 5.26 Å². The fourth-order valence-electron chi connectivity index (χ4n) is 2.43. The van der Waals surface area contributed by atoms with Crippen molar-refractivity contribution in [1.82, 2.24) is 4.90 Å². The van der Waals surface area contributed by atoms with Crippen molar-refractivity contribution in [2.75, 3.05) is 13.1 Å². The van der Waals surface area contributed by atoms with Gasteiger partial charge in [0.05, 0.1) is 11.6 Å². The number of hydrogen-bond donors (Lipinski definition) is 1. The van der Waals surface area contributed by atoms with Crippen molar-refractivity contribution in [2.45, 2.75) is 31.8 Å². The van der Waals surface area contributed by atoms with Crippen molar-refractivity contribution in [2.24, 2.45) is 5.73 Å². The van der Waals surface area contributed by atoms with Crippen LogP contribution in [0.4, 0.5) is 0 Å². The molecule has 0 radical (unpaired) electrons. The topological polar surface area (TPSA) is 53.0 Å². The zero-order valence-electron chi connectivity index (χ0n) is 10.3. The minimum absolute atomic E-state index is 0.0447. The van der Waals surface area contributed by atoms with E-state index < -0.39 is 0 Å². The fourth-order valence-corrected chi connectivity index (χ4v) is 2.43. The van der Waals surface area contributed by atoms with Gasteiger partial charge in [-0.15, -0.1) is 0 Å². The molecule has 1 unspecified atom stereocenters. The molecule has 0 aliphatic carbocycles. The predicted molar refractivity (Wildman–Crippen MR) is 68.4 cm³/mol. The van der Waals surface area contributed by atoms with E-state index in [1.165, 1.54) is 12.8 Å². The molecule has 2 rings (SSSR count). The van der Waals surface area contributed by atoms with Gasteiger partial charge < -0.3 is 5.73 Å². The van der Waals surface area contributed by atoms with Crippen LogP contribution >= 0.6 is 0 Å². The summed E-state index contributed by atoms with van der Waals surface area (Å²) < 4.78 is 0. The van der Waals surface area contributed by atoms with Crippen LogP contribution in [0.1, 0.15) is 36.9 Å². The van der Waals surface area contributed by atoms with Crippen molar-refractivity contribution in [3.05, 3.63) is 35.4 Å². The van der Waals surface area contributed by atoms with Crippen molar-refractivity contribution in [1.29, 1.82) is 5.26 Å². The molecule has 1 aromatic rings. The lowest BCUT2D eigenvalue weighted by molar-refractivity contribution is 0.252. The molecule has 0 amide bonds. The zero-order valence-corrected chi connectivity index (χ0v) is 10.3. The zero-order chi connectivity index (χ0) is 12.3. The van der Waals surface area contributed by atoms with Crippen LogP contribution in [-0.4, -0.2) is 24.0 Å². The summed E-state index contributed by atoms with van der Waals surface area (Å²) in [6, 6.07) is 10.4. The smallest absolute Gasteiger partial charge is 0.0991 e. The van der Waals surface area contributed by atoms with Gasteiger partial charge >= 0.3 is 0 Å². The van der Waals surface area contributed by atoms with Crippen LogP contribution in [0, 0.1) is 11.3 Å². The molecule has 1 aliphatic heterocycles. The van der Waals surface area contributed by atoms with Crippen LogP contribution in [0.3, 0.4) is 0 Å². The van der Waals surface area contributed by atoms with E-state index in [0.717, 1.165) is 18.7 Å². The van der Waals surface area contributed by atoms with Crippen LogP contribution in [0.5, 0.6) is 0 Å². The summed E-state index contributed by atoms with van der Waals surface area (Å²) in [5.41, 5.74) is 8.01. The maximum Gasteiger partial charge on any atom is 0.0991 e. The standard InChI is InChI=1S/C14H19N3/c1-11-3-2-8-17(11)10-14(16)13-6-4-12(9-15)5-7-13/h4-7,11,14H,2-3,8,10,16H2,1H3/t11?,14-/m1/s1. The predicted octanol–water partition coefficient (Wildman–Crippen LogP) is 2.04. The van der Waals surface area contributed by atoms with Gasteiger partial charge in [-0.25, -0.2) is 0 Å². The number of likely N-dealkylation sites (tertiary alicyclic amines) is 1. The first kappa shape index (κ1) is 12.1. The van der Waals surface area contributed by atoms with Gasteiger partial charge in [-0.3, -0.25) is 4.90 Å². The number of benzene rings is 1. The monoisotopic (exact) mass is 229 g/mol. The van der Waals surface area contributed by atoms with Crippen molar-refractivity contribution in [3.8, 4) is 6.07 Å². The highest BCUT2D eigenvalue weighted by molar-refractivity contribution is 5.32. The van der Waals surface area contributed by atoms with Crippen molar-refractivity contribution < 1.29 is 0 Å². The second kappa shape index (κ2) is 5.31. The molecule has 1 aromatic carbocycles. The Morgan fingerprint density at radius 2 is 2.18 bits per heavy atom. The van der Waals surface area contributed by atoms with E-state index >= 15 is 0 Å². The Balaban J connectivity index is 1.99. The summed E-state index contributed by atoms with van der Waals surface area (Å²) in [5, 5.41) is 8.74. The fraction of sp³-hybridized carbons (Fsp3) is 0.500. The average molecular weight is 229 g/mol. The molecule has 17 heavy (non-hydrogen) atoms. The third kappa shape index (κ3) is 2.85. The molecule has 2 N–H and O–H groups in total. The molecule has 1 saturated heterocycles. The van der Waals surface area contributed by atoms with Gasteiger partial charge in [-0.05, 0) is 44.0 Å². The molecule has 0 saturated carbocycles. The average Bonchev–Trinajstić information content (AvgIpc) is 2.75. The van der Waals surface area contributed by atoms with Gasteiger partial charge in [0.15, 0.2) is 0 Å². The number of nitriles is 1. The van der Waals surface area contributed by atoms with Crippen molar-refractivity contribution >= 4 is 0 Å². The summed E-state index contributed by atoms with van der Waals surface area (Å²) in [6.45, 7) is 4.33. The van der Waals surface area contributed by atoms with Gasteiger partial charge in [0.25, 0.3) is 0 Å². The molecule has 0 bridgehead atoms. The van der Waals surface area contributed by atoms with E-state index in [2.05, 4.69) is 17.9 Å². The molecule has 0 aromatic heterocycles. The lowest BCUT2D eigenvalue weighted by atomic mass is 10.1. The Hall–Kier alpha value is -1.37. The number of hydrogen-bond acceptors (Lipinski definition) is 3. The third-order valence-electron chi connectivity index (χ3n) is 3.59. The van der Waals surface area contributed by atoms with Crippen molar-refractivity contribution in [3.63, 3.8) is 0 Å². The number of rotatable bonds is 3. The Bertz CT molecular complexity index is 404. The molecule has 1 aliphatic rings. The summed E-state index contributed by atoms with van der Waals surface area (Å²) >= 11 is 0. The highest BCUT2D eigenvalue weighted by Crippen LogP contribution is 2.20. The molecule has 3 nitrogen and oxygen atoms in total.